The number of nitrogens with one attached hydrogen (secondary N) is 1. The Balaban J connectivity index is 2.60. The minimum Gasteiger partial charge on any atom is -0.473 e. The van der Waals surface area contributed by atoms with E-state index in [4.69, 9.17) is 10.00 Å². The fourth-order valence-corrected chi connectivity index (χ4v) is 1.41. The van der Waals surface area contributed by atoms with E-state index in [0.29, 0.717) is 5.88 Å². The molecule has 0 aliphatic heterocycles. The Bertz CT molecular complexity index is 421. The van der Waals surface area contributed by atoms with Crippen molar-refractivity contribution in [2.75, 3.05) is 11.9 Å². The molecule has 1 rings (SSSR count). The number of hydrogen-bond donors (Lipinski definition) is 1. The predicted molar refractivity (Wildman–Crippen MR) is 72.5 cm³/mol. The van der Waals surface area contributed by atoms with Gasteiger partial charge in [0.05, 0.1) is 23.3 Å². The van der Waals surface area contributed by atoms with Gasteiger partial charge in [0.2, 0.25) is 5.88 Å². The Labute approximate surface area is 109 Å². The fourth-order valence-electron chi connectivity index (χ4n) is 1.41. The topological polar surface area (TPSA) is 57.9 Å². The highest BCUT2D eigenvalue weighted by atomic mass is 16.5. The van der Waals surface area contributed by atoms with Gasteiger partial charge in [0.15, 0.2) is 0 Å². The minimum absolute atomic E-state index is 0.0935. The lowest BCUT2D eigenvalue weighted by atomic mass is 9.91. The summed E-state index contributed by atoms with van der Waals surface area (Å²) in [6, 6.07) is 6.09. The Morgan fingerprint density at radius 1 is 1.50 bits per heavy atom. The molecule has 0 fully saturated rings. The van der Waals surface area contributed by atoms with Crippen LogP contribution in [0.15, 0.2) is 18.3 Å². The molecule has 1 N–H and O–H groups in total. The number of hydrogen-bond acceptors (Lipinski definition) is 4. The Hall–Kier alpha value is -1.76. The summed E-state index contributed by atoms with van der Waals surface area (Å²) in [5, 5.41) is 12.2. The van der Waals surface area contributed by atoms with Gasteiger partial charge >= 0.3 is 0 Å². The molecule has 1 aromatic heterocycles. The average Bonchev–Trinajstić information content (AvgIpc) is 2.30. The third-order valence-corrected chi connectivity index (χ3v) is 2.49. The molecule has 0 unspecified atom stereocenters. The molecule has 4 nitrogen and oxygen atoms in total. The van der Waals surface area contributed by atoms with Gasteiger partial charge in [-0.1, -0.05) is 0 Å². The van der Waals surface area contributed by atoms with Crippen molar-refractivity contribution in [1.29, 1.82) is 5.26 Å². The summed E-state index contributed by atoms with van der Waals surface area (Å²) in [7, 11) is 0. The van der Waals surface area contributed by atoms with E-state index in [9.17, 15) is 0 Å². The molecule has 98 valence electrons. The van der Waals surface area contributed by atoms with Crippen LogP contribution in [0.4, 0.5) is 5.69 Å². The van der Waals surface area contributed by atoms with Crippen LogP contribution < -0.4 is 10.1 Å². The van der Waals surface area contributed by atoms with Gasteiger partial charge in [0.1, 0.15) is 0 Å². The third-order valence-electron chi connectivity index (χ3n) is 2.49. The van der Waals surface area contributed by atoms with Gasteiger partial charge in [-0.2, -0.15) is 5.26 Å². The summed E-state index contributed by atoms with van der Waals surface area (Å²) in [6.45, 7) is 8.53. The summed E-state index contributed by atoms with van der Waals surface area (Å²) in [5.41, 5.74) is 0.564. The van der Waals surface area contributed by atoms with Crippen LogP contribution in [0, 0.1) is 16.7 Å². The molecule has 0 atom stereocenters. The SMILES string of the molecule is CC(C)Oc1ncccc1NCCC(C)(C)C#N. The third kappa shape index (κ3) is 4.62. The number of aromatic nitrogens is 1. The first-order valence-corrected chi connectivity index (χ1v) is 6.21. The first-order chi connectivity index (χ1) is 8.44. The molecule has 1 heterocycles. The van der Waals surface area contributed by atoms with E-state index in [1.165, 1.54) is 0 Å². The molecule has 18 heavy (non-hydrogen) atoms. The van der Waals surface area contributed by atoms with Gasteiger partial charge in [0.25, 0.3) is 0 Å². The molecule has 0 amide bonds. The lowest BCUT2D eigenvalue weighted by molar-refractivity contribution is 0.234. The van der Waals surface area contributed by atoms with E-state index in [2.05, 4.69) is 16.4 Å². The van der Waals surface area contributed by atoms with Gasteiger partial charge in [-0.25, -0.2) is 4.98 Å². The second kappa shape index (κ2) is 6.25. The Morgan fingerprint density at radius 2 is 2.22 bits per heavy atom. The second-order valence-corrected chi connectivity index (χ2v) is 5.20. The van der Waals surface area contributed by atoms with Crippen molar-refractivity contribution in [3.05, 3.63) is 18.3 Å². The van der Waals surface area contributed by atoms with Crippen LogP contribution in [0.2, 0.25) is 0 Å². The van der Waals surface area contributed by atoms with Gasteiger partial charge < -0.3 is 10.1 Å². The molecule has 0 spiro atoms. The van der Waals surface area contributed by atoms with Crippen molar-refractivity contribution in [3.63, 3.8) is 0 Å². The number of nitrogens with zero attached hydrogens (tertiary/aromatic N) is 2. The normalized spacial score (nSPS) is 11.1. The van der Waals surface area contributed by atoms with Crippen LogP contribution in [-0.4, -0.2) is 17.6 Å². The number of ether oxygens (including phenoxy) is 1. The molecular formula is C14H21N3O. The highest BCUT2D eigenvalue weighted by Gasteiger charge is 2.16. The monoisotopic (exact) mass is 247 g/mol. The summed E-state index contributed by atoms with van der Waals surface area (Å²) in [5.74, 6) is 0.613. The van der Waals surface area contributed by atoms with Crippen LogP contribution in [0.3, 0.4) is 0 Å². The van der Waals surface area contributed by atoms with E-state index in [1.807, 2.05) is 39.8 Å². The quantitative estimate of drug-likeness (QED) is 0.838. The minimum atomic E-state index is -0.311. The van der Waals surface area contributed by atoms with Crippen molar-refractivity contribution in [1.82, 2.24) is 4.98 Å². The summed E-state index contributed by atoms with van der Waals surface area (Å²) < 4.78 is 5.62. The molecule has 4 heteroatoms. The maximum Gasteiger partial charge on any atom is 0.237 e. The number of anilines is 1. The second-order valence-electron chi connectivity index (χ2n) is 5.20. The smallest absolute Gasteiger partial charge is 0.237 e. The lowest BCUT2D eigenvalue weighted by Crippen LogP contribution is -2.16. The lowest BCUT2D eigenvalue weighted by Gasteiger charge is -2.17. The molecule has 0 saturated carbocycles. The molecular weight excluding hydrogens is 226 g/mol. The molecule has 0 aliphatic rings. The van der Waals surface area contributed by atoms with Crippen LogP contribution in [0.5, 0.6) is 5.88 Å². The highest BCUT2D eigenvalue weighted by molar-refractivity contribution is 5.52. The number of nitriles is 1. The van der Waals surface area contributed by atoms with Gasteiger partial charge in [-0.15, -0.1) is 0 Å². The fraction of sp³-hybridized carbons (Fsp3) is 0.571. The summed E-state index contributed by atoms with van der Waals surface area (Å²) >= 11 is 0. The zero-order chi connectivity index (χ0) is 13.6. The number of pyridine rings is 1. The van der Waals surface area contributed by atoms with E-state index in [0.717, 1.165) is 18.7 Å². The largest absolute Gasteiger partial charge is 0.473 e. The predicted octanol–water partition coefficient (Wildman–Crippen LogP) is 3.22. The highest BCUT2D eigenvalue weighted by Crippen LogP contribution is 2.23. The Morgan fingerprint density at radius 3 is 2.83 bits per heavy atom. The van der Waals surface area contributed by atoms with Crippen molar-refractivity contribution in [2.24, 2.45) is 5.41 Å². The molecule has 0 bridgehead atoms. The van der Waals surface area contributed by atoms with E-state index < -0.39 is 0 Å². The van der Waals surface area contributed by atoms with Crippen LogP contribution in [0.25, 0.3) is 0 Å². The maximum absolute atomic E-state index is 8.95. The molecule has 0 aliphatic carbocycles. The molecule has 0 aromatic carbocycles. The van der Waals surface area contributed by atoms with E-state index in [1.54, 1.807) is 6.20 Å². The van der Waals surface area contributed by atoms with Crippen molar-refractivity contribution < 1.29 is 4.74 Å². The first-order valence-electron chi connectivity index (χ1n) is 6.21. The van der Waals surface area contributed by atoms with Crippen molar-refractivity contribution in [3.8, 4) is 11.9 Å². The summed E-state index contributed by atoms with van der Waals surface area (Å²) in [6.07, 6.45) is 2.58. The van der Waals surface area contributed by atoms with Crippen LogP contribution in [0.1, 0.15) is 34.1 Å². The molecule has 0 saturated heterocycles. The maximum atomic E-state index is 8.95. The average molecular weight is 247 g/mol. The van der Waals surface area contributed by atoms with Crippen molar-refractivity contribution in [2.45, 2.75) is 40.2 Å². The van der Waals surface area contributed by atoms with Crippen LogP contribution in [-0.2, 0) is 0 Å². The number of rotatable bonds is 6. The van der Waals surface area contributed by atoms with E-state index >= 15 is 0 Å². The molecule has 1 aromatic rings. The van der Waals surface area contributed by atoms with Gasteiger partial charge in [-0.05, 0) is 46.2 Å². The zero-order valence-electron chi connectivity index (χ0n) is 11.5. The van der Waals surface area contributed by atoms with Crippen molar-refractivity contribution >= 4 is 5.69 Å². The molecule has 0 radical (unpaired) electrons. The van der Waals surface area contributed by atoms with E-state index in [-0.39, 0.29) is 11.5 Å². The zero-order valence-corrected chi connectivity index (χ0v) is 11.5. The van der Waals surface area contributed by atoms with Gasteiger partial charge in [0, 0.05) is 12.7 Å². The summed E-state index contributed by atoms with van der Waals surface area (Å²) in [4.78, 5) is 4.20. The first kappa shape index (κ1) is 14.3. The Kier molecular flexibility index (Phi) is 4.96. The standard InChI is InChI=1S/C14H21N3O/c1-11(2)18-13-12(6-5-8-17-13)16-9-7-14(3,4)10-15/h5-6,8,11,16H,7,9H2,1-4H3. The van der Waals surface area contributed by atoms with Crippen LogP contribution >= 0.6 is 0 Å². The van der Waals surface area contributed by atoms with Gasteiger partial charge in [-0.3, -0.25) is 0 Å².